The molecule has 208 valence electrons. The average Bonchev–Trinajstić information content (AvgIpc) is 2.93. The first-order valence-corrected chi connectivity index (χ1v) is 15.6. The third kappa shape index (κ3) is 16.4. The second-order valence-corrected chi connectivity index (χ2v) is 10.7. The van der Waals surface area contributed by atoms with E-state index in [-0.39, 0.29) is 0 Å². The third-order valence-corrected chi connectivity index (χ3v) is 7.19. The number of unbranched alkanes of at least 4 members (excludes halogenated alkanes) is 14. The topological polar surface area (TPSA) is 34.6 Å². The van der Waals surface area contributed by atoms with E-state index < -0.39 is 0 Å². The Morgan fingerprint density at radius 1 is 0.432 bits per heavy atom. The van der Waals surface area contributed by atoms with E-state index in [4.69, 9.17) is 9.98 Å². The lowest BCUT2D eigenvalue weighted by molar-refractivity contribution is 0.527. The zero-order valence-corrected chi connectivity index (χ0v) is 24.3. The molecule has 0 radical (unpaired) electrons. The first-order valence-electron chi connectivity index (χ1n) is 15.6. The number of nitrogens with zero attached hydrogens (tertiary/aromatic N) is 4. The van der Waals surface area contributed by atoms with E-state index in [1.165, 1.54) is 109 Å². The minimum atomic E-state index is 0.966. The Kier molecular flexibility index (Phi) is 18.4. The van der Waals surface area contributed by atoms with Crippen LogP contribution in [0.5, 0.6) is 0 Å². The van der Waals surface area contributed by atoms with Crippen molar-refractivity contribution < 1.29 is 0 Å². The van der Waals surface area contributed by atoms with Crippen molar-refractivity contribution in [1.29, 1.82) is 0 Å². The van der Waals surface area contributed by atoms with Crippen LogP contribution in [0, 0.1) is 0 Å². The predicted octanol–water partition coefficient (Wildman–Crippen LogP) is 8.46. The summed E-state index contributed by atoms with van der Waals surface area (Å²) in [5.41, 5.74) is 0. The Morgan fingerprint density at radius 2 is 0.757 bits per heavy atom. The number of pyridine rings is 2. The number of aromatic nitrogens is 2. The zero-order chi connectivity index (χ0) is 26.2. The molecule has 0 atom stereocenters. The van der Waals surface area contributed by atoms with Gasteiger partial charge in [-0.15, -0.1) is 0 Å². The van der Waals surface area contributed by atoms with Crippen LogP contribution in [0.1, 0.15) is 123 Å². The SMILES string of the molecule is CCCCCCCN=c1ccn(CCCCCCCCCn2ccc(=NCCCCCCC)cc2)cc1. The molecule has 0 aliphatic carbocycles. The molecule has 0 aliphatic rings. The third-order valence-electron chi connectivity index (χ3n) is 7.19. The molecule has 0 saturated heterocycles. The summed E-state index contributed by atoms with van der Waals surface area (Å²) in [6.07, 6.45) is 31.2. The highest BCUT2D eigenvalue weighted by Crippen LogP contribution is 2.09. The summed E-state index contributed by atoms with van der Waals surface area (Å²) >= 11 is 0. The highest BCUT2D eigenvalue weighted by Gasteiger charge is 1.95. The van der Waals surface area contributed by atoms with E-state index in [0.717, 1.165) is 36.9 Å². The summed E-state index contributed by atoms with van der Waals surface area (Å²) in [5, 5.41) is 2.26. The van der Waals surface area contributed by atoms with E-state index in [1.54, 1.807) is 0 Å². The first-order chi connectivity index (χ1) is 18.3. The van der Waals surface area contributed by atoms with Gasteiger partial charge in [-0.3, -0.25) is 9.98 Å². The molecule has 0 aromatic carbocycles. The van der Waals surface area contributed by atoms with Crippen molar-refractivity contribution in [2.45, 2.75) is 136 Å². The summed E-state index contributed by atoms with van der Waals surface area (Å²) in [7, 11) is 0. The fourth-order valence-electron chi connectivity index (χ4n) is 4.73. The molecular weight excluding hydrogens is 452 g/mol. The highest BCUT2D eigenvalue weighted by atomic mass is 14.9. The summed E-state index contributed by atoms with van der Waals surface area (Å²) in [5.74, 6) is 0. The van der Waals surface area contributed by atoms with Gasteiger partial charge in [0, 0.05) is 51.0 Å². The zero-order valence-electron chi connectivity index (χ0n) is 24.3. The van der Waals surface area contributed by atoms with E-state index in [0.29, 0.717) is 0 Å². The van der Waals surface area contributed by atoms with E-state index in [1.807, 2.05) is 0 Å². The molecule has 0 amide bonds. The van der Waals surface area contributed by atoms with Gasteiger partial charge in [0.25, 0.3) is 0 Å². The van der Waals surface area contributed by atoms with Crippen LogP contribution in [0.25, 0.3) is 0 Å². The van der Waals surface area contributed by atoms with E-state index in [2.05, 4.69) is 72.0 Å². The molecule has 2 heterocycles. The number of aryl methyl sites for hydroxylation is 2. The van der Waals surface area contributed by atoms with Crippen molar-refractivity contribution in [3.05, 3.63) is 59.8 Å². The van der Waals surface area contributed by atoms with Crippen LogP contribution >= 0.6 is 0 Å². The molecule has 0 bridgehead atoms. The summed E-state index contributed by atoms with van der Waals surface area (Å²) < 4.78 is 4.62. The maximum absolute atomic E-state index is 4.72. The van der Waals surface area contributed by atoms with Gasteiger partial charge in [-0.2, -0.15) is 0 Å². The Bertz CT molecular complexity index is 808. The van der Waals surface area contributed by atoms with Crippen molar-refractivity contribution in [3.8, 4) is 0 Å². The monoisotopic (exact) mass is 508 g/mol. The molecule has 0 N–H and O–H groups in total. The molecule has 0 unspecified atom stereocenters. The van der Waals surface area contributed by atoms with Crippen LogP contribution < -0.4 is 10.7 Å². The molecule has 37 heavy (non-hydrogen) atoms. The fourth-order valence-corrected chi connectivity index (χ4v) is 4.73. The molecule has 0 fully saturated rings. The van der Waals surface area contributed by atoms with Gasteiger partial charge in [0.15, 0.2) is 0 Å². The lowest BCUT2D eigenvalue weighted by Gasteiger charge is -2.07. The van der Waals surface area contributed by atoms with Crippen LogP contribution in [0.2, 0.25) is 0 Å². The Labute approximate surface area is 228 Å². The summed E-state index contributed by atoms with van der Waals surface area (Å²) in [6.45, 7) is 8.70. The highest BCUT2D eigenvalue weighted by molar-refractivity contribution is 4.94. The van der Waals surface area contributed by atoms with Gasteiger partial charge in [0.2, 0.25) is 0 Å². The average molecular weight is 509 g/mol. The van der Waals surface area contributed by atoms with Crippen molar-refractivity contribution in [1.82, 2.24) is 9.13 Å². The number of hydrogen-bond acceptors (Lipinski definition) is 2. The van der Waals surface area contributed by atoms with Crippen LogP contribution in [-0.2, 0) is 13.1 Å². The van der Waals surface area contributed by atoms with E-state index >= 15 is 0 Å². The maximum Gasteiger partial charge on any atom is 0.0603 e. The lowest BCUT2D eigenvalue weighted by Crippen LogP contribution is -2.07. The second kappa shape index (κ2) is 21.9. The molecule has 4 heteroatoms. The van der Waals surface area contributed by atoms with Gasteiger partial charge in [0.05, 0.1) is 10.7 Å². The van der Waals surface area contributed by atoms with E-state index in [9.17, 15) is 0 Å². The first kappa shape index (κ1) is 31.1. The molecule has 0 spiro atoms. The van der Waals surface area contributed by atoms with Crippen LogP contribution in [0.4, 0.5) is 0 Å². The fraction of sp³-hybridized carbons (Fsp3) is 0.697. The molecule has 2 rings (SSSR count). The smallest absolute Gasteiger partial charge is 0.0603 e. The number of rotatable bonds is 22. The largest absolute Gasteiger partial charge is 0.354 e. The van der Waals surface area contributed by atoms with Crippen LogP contribution in [0.15, 0.2) is 59.0 Å². The van der Waals surface area contributed by atoms with Gasteiger partial charge in [0.1, 0.15) is 0 Å². The van der Waals surface area contributed by atoms with Gasteiger partial charge < -0.3 is 9.13 Å². The summed E-state index contributed by atoms with van der Waals surface area (Å²) in [6, 6.07) is 8.67. The van der Waals surface area contributed by atoms with Crippen molar-refractivity contribution in [2.24, 2.45) is 9.98 Å². The van der Waals surface area contributed by atoms with Crippen molar-refractivity contribution >= 4 is 0 Å². The van der Waals surface area contributed by atoms with Crippen molar-refractivity contribution in [3.63, 3.8) is 0 Å². The molecule has 2 aromatic rings. The predicted molar refractivity (Wildman–Crippen MR) is 160 cm³/mol. The number of hydrogen-bond donors (Lipinski definition) is 0. The van der Waals surface area contributed by atoms with Gasteiger partial charge in [-0.25, -0.2) is 0 Å². The Hall–Kier alpha value is -2.10. The Balaban J connectivity index is 1.45. The quantitative estimate of drug-likeness (QED) is 0.143. The van der Waals surface area contributed by atoms with Gasteiger partial charge in [-0.1, -0.05) is 97.3 Å². The standard InChI is InChI=1S/C33H56N4/c1-3-5-7-12-16-24-34-32-20-28-36(29-21-32)26-18-14-10-9-11-15-19-27-37-30-22-33(23-31-37)35-25-17-13-8-6-4-2/h20-23,28-31H,3-19,24-27H2,1-2H3. The maximum atomic E-state index is 4.72. The molecular formula is C33H56N4. The minimum absolute atomic E-state index is 0.966. The van der Waals surface area contributed by atoms with Crippen LogP contribution in [0.3, 0.4) is 0 Å². The van der Waals surface area contributed by atoms with Crippen molar-refractivity contribution in [2.75, 3.05) is 13.1 Å². The lowest BCUT2D eigenvalue weighted by atomic mass is 10.1. The molecule has 0 aliphatic heterocycles. The normalized spacial score (nSPS) is 11.1. The van der Waals surface area contributed by atoms with Gasteiger partial charge in [-0.05, 0) is 49.9 Å². The minimum Gasteiger partial charge on any atom is -0.354 e. The molecule has 0 saturated carbocycles. The second-order valence-electron chi connectivity index (χ2n) is 10.7. The van der Waals surface area contributed by atoms with Crippen LogP contribution in [-0.4, -0.2) is 22.2 Å². The molecule has 2 aromatic heterocycles. The Morgan fingerprint density at radius 3 is 1.14 bits per heavy atom. The molecule has 4 nitrogen and oxygen atoms in total. The summed E-state index contributed by atoms with van der Waals surface area (Å²) in [4.78, 5) is 9.43. The van der Waals surface area contributed by atoms with Gasteiger partial charge >= 0.3 is 0 Å².